The monoisotopic (exact) mass is 230 g/mol. The number of hydrogen-bond acceptors (Lipinski definition) is 4. The van der Waals surface area contributed by atoms with Crippen molar-refractivity contribution in [1.82, 2.24) is 4.57 Å². The molecule has 0 bridgehead atoms. The Morgan fingerprint density at radius 3 is 2.88 bits per heavy atom. The highest BCUT2D eigenvalue weighted by molar-refractivity contribution is 5.69. The second kappa shape index (κ2) is 5.53. The molecule has 0 amide bonds. The average Bonchev–Trinajstić information content (AvgIpc) is 2.32. The van der Waals surface area contributed by atoms with Gasteiger partial charge in [0.05, 0.1) is 0 Å². The maximum atomic E-state index is 11.7. The van der Waals surface area contributed by atoms with Crippen molar-refractivity contribution in [3.8, 4) is 18.4 Å². The van der Waals surface area contributed by atoms with Gasteiger partial charge in [-0.05, 0) is 19.1 Å². The molecule has 0 fully saturated rings. The van der Waals surface area contributed by atoms with Crippen LogP contribution in [0.3, 0.4) is 0 Å². The zero-order valence-corrected chi connectivity index (χ0v) is 9.27. The van der Waals surface area contributed by atoms with E-state index in [2.05, 4.69) is 10.7 Å². The molecule has 17 heavy (non-hydrogen) atoms. The summed E-state index contributed by atoms with van der Waals surface area (Å²) < 4.78 is 5.84. The maximum Gasteiger partial charge on any atom is 0.327 e. The molecule has 0 atom stereocenters. The SMILES string of the molecule is C#CCOC(=O)Cn1c(C)ccc(C#N)c1=O. The van der Waals surface area contributed by atoms with E-state index in [4.69, 9.17) is 11.7 Å². The van der Waals surface area contributed by atoms with Crippen molar-refractivity contribution in [2.24, 2.45) is 0 Å². The van der Waals surface area contributed by atoms with E-state index in [-0.39, 0.29) is 18.7 Å². The number of terminal acetylenes is 1. The van der Waals surface area contributed by atoms with E-state index in [1.165, 1.54) is 10.6 Å². The van der Waals surface area contributed by atoms with Gasteiger partial charge in [0.1, 0.15) is 18.2 Å². The van der Waals surface area contributed by atoms with Crippen molar-refractivity contribution >= 4 is 5.97 Å². The van der Waals surface area contributed by atoms with E-state index in [9.17, 15) is 9.59 Å². The van der Waals surface area contributed by atoms with Gasteiger partial charge in [0.25, 0.3) is 5.56 Å². The number of carbonyl (C=O) groups excluding carboxylic acids is 1. The molecule has 0 spiro atoms. The average molecular weight is 230 g/mol. The molecule has 0 aliphatic heterocycles. The van der Waals surface area contributed by atoms with Crippen molar-refractivity contribution in [2.75, 3.05) is 6.61 Å². The van der Waals surface area contributed by atoms with Crippen LogP contribution in [0.15, 0.2) is 16.9 Å². The summed E-state index contributed by atoms with van der Waals surface area (Å²) in [6.45, 7) is 1.28. The maximum absolute atomic E-state index is 11.7. The van der Waals surface area contributed by atoms with Gasteiger partial charge in [0.15, 0.2) is 6.61 Å². The molecule has 0 radical (unpaired) electrons. The van der Waals surface area contributed by atoms with Crippen LogP contribution in [0.2, 0.25) is 0 Å². The van der Waals surface area contributed by atoms with Crippen molar-refractivity contribution in [3.05, 3.63) is 33.7 Å². The Morgan fingerprint density at radius 1 is 1.59 bits per heavy atom. The van der Waals surface area contributed by atoms with Gasteiger partial charge in [-0.25, -0.2) is 0 Å². The lowest BCUT2D eigenvalue weighted by Crippen LogP contribution is -2.28. The smallest absolute Gasteiger partial charge is 0.327 e. The second-order valence-electron chi connectivity index (χ2n) is 3.26. The molecule has 5 nitrogen and oxygen atoms in total. The fraction of sp³-hybridized carbons (Fsp3) is 0.250. The van der Waals surface area contributed by atoms with Gasteiger partial charge in [0.2, 0.25) is 0 Å². The zero-order valence-electron chi connectivity index (χ0n) is 9.27. The third-order valence-electron chi connectivity index (χ3n) is 2.12. The fourth-order valence-electron chi connectivity index (χ4n) is 1.25. The molecule has 0 saturated heterocycles. The van der Waals surface area contributed by atoms with Gasteiger partial charge >= 0.3 is 5.97 Å². The predicted octanol–water partition coefficient (Wildman–Crippen LogP) is 0.205. The lowest BCUT2D eigenvalue weighted by Gasteiger charge is -2.08. The van der Waals surface area contributed by atoms with Gasteiger partial charge in [-0.15, -0.1) is 6.42 Å². The molecule has 1 aromatic rings. The Hall–Kier alpha value is -2.53. The molecule has 5 heteroatoms. The van der Waals surface area contributed by atoms with Crippen LogP contribution in [0.4, 0.5) is 0 Å². The highest BCUT2D eigenvalue weighted by Crippen LogP contribution is 1.98. The van der Waals surface area contributed by atoms with Gasteiger partial charge in [-0.2, -0.15) is 5.26 Å². The topological polar surface area (TPSA) is 72.1 Å². The molecule has 0 aliphatic rings. The lowest BCUT2D eigenvalue weighted by atomic mass is 10.2. The first-order chi connectivity index (χ1) is 8.10. The lowest BCUT2D eigenvalue weighted by molar-refractivity contribution is -0.142. The van der Waals surface area contributed by atoms with E-state index in [0.29, 0.717) is 5.69 Å². The van der Waals surface area contributed by atoms with Gasteiger partial charge in [-0.1, -0.05) is 5.92 Å². The standard InChI is InChI=1S/C12H10N2O3/c1-3-6-17-11(15)8-14-9(2)4-5-10(7-13)12(14)16/h1,4-5H,6,8H2,2H3. The number of esters is 1. The van der Waals surface area contributed by atoms with Crippen LogP contribution in [-0.4, -0.2) is 17.1 Å². The minimum Gasteiger partial charge on any atom is -0.451 e. The number of hydrogen-bond donors (Lipinski definition) is 0. The normalized spacial score (nSPS) is 9.12. The molecule has 1 heterocycles. The van der Waals surface area contributed by atoms with Crippen LogP contribution in [0, 0.1) is 30.6 Å². The number of aryl methyl sites for hydroxylation is 1. The van der Waals surface area contributed by atoms with Gasteiger partial charge < -0.3 is 9.30 Å². The van der Waals surface area contributed by atoms with Crippen molar-refractivity contribution < 1.29 is 9.53 Å². The van der Waals surface area contributed by atoms with E-state index in [1.54, 1.807) is 19.1 Å². The Morgan fingerprint density at radius 2 is 2.29 bits per heavy atom. The Labute approximate surface area is 98.2 Å². The highest BCUT2D eigenvalue weighted by Gasteiger charge is 2.10. The summed E-state index contributed by atoms with van der Waals surface area (Å²) in [5, 5.41) is 8.70. The Kier molecular flexibility index (Phi) is 4.08. The fourth-order valence-corrected chi connectivity index (χ4v) is 1.25. The van der Waals surface area contributed by atoms with E-state index >= 15 is 0 Å². The third kappa shape index (κ3) is 2.96. The zero-order chi connectivity index (χ0) is 12.8. The number of pyridine rings is 1. The number of carbonyl (C=O) groups is 1. The first-order valence-electron chi connectivity index (χ1n) is 4.79. The number of ether oxygens (including phenoxy) is 1. The molecule has 1 aromatic heterocycles. The molecule has 0 saturated carbocycles. The van der Waals surface area contributed by atoms with Crippen molar-refractivity contribution in [3.63, 3.8) is 0 Å². The van der Waals surface area contributed by atoms with Crippen LogP contribution < -0.4 is 5.56 Å². The molecule has 0 aromatic carbocycles. The number of nitriles is 1. The van der Waals surface area contributed by atoms with Gasteiger partial charge in [-0.3, -0.25) is 9.59 Å². The first kappa shape index (κ1) is 12.5. The molecule has 0 N–H and O–H groups in total. The Balaban J connectivity index is 3.00. The van der Waals surface area contributed by atoms with E-state index in [1.807, 2.05) is 0 Å². The van der Waals surface area contributed by atoms with Crippen molar-refractivity contribution in [2.45, 2.75) is 13.5 Å². The predicted molar refractivity (Wildman–Crippen MR) is 59.9 cm³/mol. The van der Waals surface area contributed by atoms with Crippen LogP contribution in [0.25, 0.3) is 0 Å². The largest absolute Gasteiger partial charge is 0.451 e. The first-order valence-corrected chi connectivity index (χ1v) is 4.79. The van der Waals surface area contributed by atoms with Gasteiger partial charge in [0, 0.05) is 5.69 Å². The second-order valence-corrected chi connectivity index (χ2v) is 3.26. The molecular weight excluding hydrogens is 220 g/mol. The summed E-state index contributed by atoms with van der Waals surface area (Å²) in [6, 6.07) is 4.77. The molecule has 0 aliphatic carbocycles. The molecule has 1 rings (SSSR count). The van der Waals surface area contributed by atoms with Crippen LogP contribution in [0.1, 0.15) is 11.3 Å². The minimum atomic E-state index is -0.608. The van der Waals surface area contributed by atoms with E-state index in [0.717, 1.165) is 0 Å². The minimum absolute atomic E-state index is 0.0136. The van der Waals surface area contributed by atoms with Crippen LogP contribution in [-0.2, 0) is 16.1 Å². The summed E-state index contributed by atoms with van der Waals surface area (Å²) in [4.78, 5) is 23.0. The summed E-state index contributed by atoms with van der Waals surface area (Å²) in [6.07, 6.45) is 4.94. The summed E-state index contributed by atoms with van der Waals surface area (Å²) in [5.74, 6) is 1.55. The van der Waals surface area contributed by atoms with Crippen LogP contribution >= 0.6 is 0 Å². The summed E-state index contributed by atoms with van der Waals surface area (Å²) in [5.41, 5.74) is 0.0529. The molecular formula is C12H10N2O3. The quantitative estimate of drug-likeness (QED) is 0.549. The van der Waals surface area contributed by atoms with E-state index < -0.39 is 11.5 Å². The number of aromatic nitrogens is 1. The molecule has 0 unspecified atom stereocenters. The third-order valence-corrected chi connectivity index (χ3v) is 2.12. The number of rotatable bonds is 3. The highest BCUT2D eigenvalue weighted by atomic mass is 16.5. The summed E-state index contributed by atoms with van der Waals surface area (Å²) in [7, 11) is 0. The summed E-state index contributed by atoms with van der Waals surface area (Å²) >= 11 is 0. The molecule has 86 valence electrons. The van der Waals surface area contributed by atoms with Crippen LogP contribution in [0.5, 0.6) is 0 Å². The Bertz CT molecular complexity index is 573. The number of nitrogens with zero attached hydrogens (tertiary/aromatic N) is 2. The van der Waals surface area contributed by atoms with Crippen molar-refractivity contribution in [1.29, 1.82) is 5.26 Å².